The van der Waals surface area contributed by atoms with Crippen molar-refractivity contribution in [2.45, 2.75) is 32.7 Å². The van der Waals surface area contributed by atoms with E-state index in [-0.39, 0.29) is 12.6 Å². The summed E-state index contributed by atoms with van der Waals surface area (Å²) >= 11 is 0. The number of amides is 1. The quantitative estimate of drug-likeness (QED) is 0.919. The fourth-order valence-electron chi connectivity index (χ4n) is 2.58. The maximum absolute atomic E-state index is 12.5. The second kappa shape index (κ2) is 6.62. The standard InChI is InChI=1S/C16H22N2O3S/c1-12-3-6-14(7-4-12)9-10-22(20,21)18-11-15(16(17)19)8-5-13(18)2/h3-4,6-7,9-10,13,15H,5,8,11H2,1-2H3,(H2,17,19)/b10-9+. The molecule has 120 valence electrons. The summed E-state index contributed by atoms with van der Waals surface area (Å²) < 4.78 is 26.4. The van der Waals surface area contributed by atoms with Gasteiger partial charge in [-0.1, -0.05) is 29.8 Å². The zero-order valence-corrected chi connectivity index (χ0v) is 13.7. The van der Waals surface area contributed by atoms with Crippen molar-refractivity contribution < 1.29 is 13.2 Å². The van der Waals surface area contributed by atoms with Crippen LogP contribution in [0.4, 0.5) is 0 Å². The monoisotopic (exact) mass is 322 g/mol. The molecule has 1 aliphatic heterocycles. The van der Waals surface area contributed by atoms with Gasteiger partial charge in [-0.15, -0.1) is 0 Å². The molecule has 5 nitrogen and oxygen atoms in total. The molecule has 0 aliphatic carbocycles. The number of carbonyl (C=O) groups is 1. The molecule has 2 N–H and O–H groups in total. The fraction of sp³-hybridized carbons (Fsp3) is 0.438. The predicted molar refractivity (Wildman–Crippen MR) is 87.2 cm³/mol. The molecule has 22 heavy (non-hydrogen) atoms. The molecule has 1 heterocycles. The van der Waals surface area contributed by atoms with Gasteiger partial charge in [0.1, 0.15) is 0 Å². The number of nitrogens with zero attached hydrogens (tertiary/aromatic N) is 1. The third kappa shape index (κ3) is 3.96. The molecule has 2 rings (SSSR count). The van der Waals surface area contributed by atoms with E-state index in [1.54, 1.807) is 6.08 Å². The van der Waals surface area contributed by atoms with Crippen LogP contribution >= 0.6 is 0 Å². The highest BCUT2D eigenvalue weighted by atomic mass is 32.2. The molecule has 1 aliphatic rings. The number of sulfonamides is 1. The molecule has 0 bridgehead atoms. The normalized spacial score (nSPS) is 23.7. The Morgan fingerprint density at radius 3 is 2.50 bits per heavy atom. The number of benzene rings is 1. The zero-order valence-electron chi connectivity index (χ0n) is 12.9. The Morgan fingerprint density at radius 1 is 1.27 bits per heavy atom. The van der Waals surface area contributed by atoms with Gasteiger partial charge in [-0.2, -0.15) is 4.31 Å². The first-order valence-corrected chi connectivity index (χ1v) is 8.86. The minimum Gasteiger partial charge on any atom is -0.369 e. The molecule has 0 spiro atoms. The van der Waals surface area contributed by atoms with Crippen molar-refractivity contribution in [3.8, 4) is 0 Å². The molecular weight excluding hydrogens is 300 g/mol. The minimum absolute atomic E-state index is 0.122. The molecule has 1 fully saturated rings. The Balaban J connectivity index is 2.17. The van der Waals surface area contributed by atoms with Crippen LogP contribution in [-0.2, 0) is 14.8 Å². The van der Waals surface area contributed by atoms with E-state index in [9.17, 15) is 13.2 Å². The van der Waals surface area contributed by atoms with Crippen molar-refractivity contribution in [3.63, 3.8) is 0 Å². The molecule has 1 aromatic rings. The van der Waals surface area contributed by atoms with Crippen LogP contribution in [0, 0.1) is 12.8 Å². The van der Waals surface area contributed by atoms with E-state index in [4.69, 9.17) is 5.73 Å². The van der Waals surface area contributed by atoms with Crippen molar-refractivity contribution >= 4 is 22.0 Å². The maximum atomic E-state index is 12.5. The molecule has 1 aromatic carbocycles. The average molecular weight is 322 g/mol. The summed E-state index contributed by atoms with van der Waals surface area (Å²) in [4.78, 5) is 11.3. The molecule has 0 saturated carbocycles. The van der Waals surface area contributed by atoms with Crippen molar-refractivity contribution in [2.24, 2.45) is 11.7 Å². The van der Waals surface area contributed by atoms with Crippen LogP contribution in [0.25, 0.3) is 6.08 Å². The van der Waals surface area contributed by atoms with Crippen LogP contribution in [0.2, 0.25) is 0 Å². The molecular formula is C16H22N2O3S. The SMILES string of the molecule is Cc1ccc(/C=C/S(=O)(=O)N2CC(C(N)=O)CCC2C)cc1. The highest BCUT2D eigenvalue weighted by molar-refractivity contribution is 7.92. The number of hydrogen-bond donors (Lipinski definition) is 1. The largest absolute Gasteiger partial charge is 0.369 e. The lowest BCUT2D eigenvalue weighted by molar-refractivity contribution is -0.123. The number of hydrogen-bond acceptors (Lipinski definition) is 3. The molecule has 1 saturated heterocycles. The van der Waals surface area contributed by atoms with E-state index in [1.807, 2.05) is 38.1 Å². The first kappa shape index (κ1) is 16.7. The molecule has 1 amide bonds. The van der Waals surface area contributed by atoms with Crippen LogP contribution in [0.1, 0.15) is 30.9 Å². The van der Waals surface area contributed by atoms with E-state index in [0.717, 1.165) is 11.1 Å². The smallest absolute Gasteiger partial charge is 0.236 e. The Hall–Kier alpha value is -1.66. The van der Waals surface area contributed by atoms with Gasteiger partial charge in [0.25, 0.3) is 0 Å². The Bertz CT molecular complexity index is 665. The molecule has 6 heteroatoms. The lowest BCUT2D eigenvalue weighted by atomic mass is 9.95. The fourth-order valence-corrected chi connectivity index (χ4v) is 4.06. The average Bonchev–Trinajstić information content (AvgIpc) is 2.46. The molecule has 0 aromatic heterocycles. The zero-order chi connectivity index (χ0) is 16.3. The van der Waals surface area contributed by atoms with Crippen LogP contribution in [0.5, 0.6) is 0 Å². The third-order valence-electron chi connectivity index (χ3n) is 4.06. The third-order valence-corrected chi connectivity index (χ3v) is 5.71. The van der Waals surface area contributed by atoms with Gasteiger partial charge in [-0.05, 0) is 38.3 Å². The second-order valence-corrected chi connectivity index (χ2v) is 7.62. The van der Waals surface area contributed by atoms with Crippen molar-refractivity contribution in [2.75, 3.05) is 6.54 Å². The van der Waals surface area contributed by atoms with Gasteiger partial charge in [-0.3, -0.25) is 4.79 Å². The summed E-state index contributed by atoms with van der Waals surface area (Å²) in [6.45, 7) is 4.00. The number of primary amides is 1. The summed E-state index contributed by atoms with van der Waals surface area (Å²) in [5, 5.41) is 1.21. The maximum Gasteiger partial charge on any atom is 0.236 e. The summed E-state index contributed by atoms with van der Waals surface area (Å²) in [5.41, 5.74) is 7.26. The van der Waals surface area contributed by atoms with E-state index in [0.29, 0.717) is 12.8 Å². The van der Waals surface area contributed by atoms with E-state index in [2.05, 4.69) is 0 Å². The molecule has 2 atom stereocenters. The van der Waals surface area contributed by atoms with E-state index >= 15 is 0 Å². The van der Waals surface area contributed by atoms with Crippen molar-refractivity contribution in [3.05, 3.63) is 40.8 Å². The lowest BCUT2D eigenvalue weighted by Gasteiger charge is -2.34. The second-order valence-electron chi connectivity index (χ2n) is 5.85. The van der Waals surface area contributed by atoms with Gasteiger partial charge < -0.3 is 5.73 Å². The van der Waals surface area contributed by atoms with Gasteiger partial charge in [0.05, 0.1) is 5.92 Å². The summed E-state index contributed by atoms with van der Waals surface area (Å²) in [7, 11) is -3.56. The summed E-state index contributed by atoms with van der Waals surface area (Å²) in [5.74, 6) is -0.839. The minimum atomic E-state index is -3.56. The number of rotatable bonds is 4. The van der Waals surface area contributed by atoms with Crippen LogP contribution in [0.15, 0.2) is 29.7 Å². The van der Waals surface area contributed by atoms with Crippen LogP contribution in [0.3, 0.4) is 0 Å². The Kier molecular flexibility index (Phi) is 5.03. The number of carbonyl (C=O) groups excluding carboxylic acids is 1. The van der Waals surface area contributed by atoms with E-state index in [1.165, 1.54) is 9.71 Å². The summed E-state index contributed by atoms with van der Waals surface area (Å²) in [6.07, 6.45) is 2.87. The summed E-state index contributed by atoms with van der Waals surface area (Å²) in [6, 6.07) is 7.47. The Morgan fingerprint density at radius 2 is 1.91 bits per heavy atom. The lowest BCUT2D eigenvalue weighted by Crippen LogP contribution is -2.47. The Labute approximate surface area is 131 Å². The van der Waals surface area contributed by atoms with Gasteiger partial charge in [-0.25, -0.2) is 8.42 Å². The molecule has 0 radical (unpaired) electrons. The predicted octanol–water partition coefficient (Wildman–Crippen LogP) is 1.88. The van der Waals surface area contributed by atoms with E-state index < -0.39 is 21.8 Å². The van der Waals surface area contributed by atoms with Crippen LogP contribution < -0.4 is 5.73 Å². The van der Waals surface area contributed by atoms with Crippen molar-refractivity contribution in [1.29, 1.82) is 0 Å². The highest BCUT2D eigenvalue weighted by Gasteiger charge is 2.34. The number of nitrogens with two attached hydrogens (primary N) is 1. The highest BCUT2D eigenvalue weighted by Crippen LogP contribution is 2.25. The van der Waals surface area contributed by atoms with Crippen LogP contribution in [-0.4, -0.2) is 31.2 Å². The van der Waals surface area contributed by atoms with Gasteiger partial charge in [0.2, 0.25) is 15.9 Å². The number of aryl methyl sites for hydroxylation is 1. The first-order valence-electron chi connectivity index (χ1n) is 7.35. The first-order chi connectivity index (χ1) is 10.3. The topological polar surface area (TPSA) is 80.5 Å². The van der Waals surface area contributed by atoms with Gasteiger partial charge in [0, 0.05) is 18.0 Å². The number of piperidine rings is 1. The van der Waals surface area contributed by atoms with Crippen molar-refractivity contribution in [1.82, 2.24) is 4.31 Å². The van der Waals surface area contributed by atoms with Gasteiger partial charge >= 0.3 is 0 Å². The van der Waals surface area contributed by atoms with Gasteiger partial charge in [0.15, 0.2) is 0 Å². The molecule has 2 unspecified atom stereocenters.